The molecule has 1 heterocycles. The van der Waals surface area contributed by atoms with Gasteiger partial charge in [-0.05, 0) is 43.2 Å². The highest BCUT2D eigenvalue weighted by atomic mass is 35.5. The van der Waals surface area contributed by atoms with E-state index in [1.54, 1.807) is 55.8 Å². The number of benzene rings is 2. The molecule has 0 saturated heterocycles. The lowest BCUT2D eigenvalue weighted by atomic mass is 10.0. The Morgan fingerprint density at radius 2 is 1.65 bits per heavy atom. The number of aromatic nitrogens is 2. The third kappa shape index (κ3) is 4.87. The van der Waals surface area contributed by atoms with Crippen molar-refractivity contribution in [2.45, 2.75) is 26.8 Å². The van der Waals surface area contributed by atoms with Gasteiger partial charge in [-0.3, -0.25) is 4.79 Å². The van der Waals surface area contributed by atoms with Gasteiger partial charge >= 0.3 is 5.97 Å². The van der Waals surface area contributed by atoms with E-state index in [9.17, 15) is 14.7 Å². The average molecular weight is 481 g/mol. The molecule has 6 nitrogen and oxygen atoms in total. The molecular weight excluding hydrogens is 461 g/mol. The van der Waals surface area contributed by atoms with E-state index in [-0.39, 0.29) is 11.6 Å². The van der Waals surface area contributed by atoms with Crippen molar-refractivity contribution in [2.75, 3.05) is 0 Å². The fourth-order valence-electron chi connectivity index (χ4n) is 3.21. The van der Waals surface area contributed by atoms with Gasteiger partial charge in [0.2, 0.25) is 0 Å². The topological polar surface area (TPSA) is 84.2 Å². The zero-order valence-corrected chi connectivity index (χ0v) is 19.3. The Labute approximate surface area is 194 Å². The van der Waals surface area contributed by atoms with Gasteiger partial charge in [-0.15, -0.1) is 0 Å². The van der Waals surface area contributed by atoms with E-state index < -0.39 is 17.9 Å². The summed E-state index contributed by atoms with van der Waals surface area (Å²) in [6.07, 6.45) is 0. The number of hydrogen-bond acceptors (Lipinski definition) is 3. The van der Waals surface area contributed by atoms with Crippen molar-refractivity contribution < 1.29 is 14.7 Å². The third-order valence-electron chi connectivity index (χ3n) is 4.81. The van der Waals surface area contributed by atoms with Gasteiger partial charge in [-0.25, -0.2) is 9.48 Å². The second-order valence-electron chi connectivity index (χ2n) is 7.37. The zero-order chi connectivity index (χ0) is 22.9. The van der Waals surface area contributed by atoms with Crippen LogP contribution in [0.25, 0.3) is 16.9 Å². The summed E-state index contributed by atoms with van der Waals surface area (Å²) in [5.74, 6) is -2.00. The van der Waals surface area contributed by atoms with Crippen molar-refractivity contribution in [2.24, 2.45) is 5.92 Å². The minimum atomic E-state index is -1.11. The van der Waals surface area contributed by atoms with E-state index >= 15 is 0 Å². The molecule has 0 aliphatic carbocycles. The van der Waals surface area contributed by atoms with Gasteiger partial charge in [0.05, 0.1) is 16.4 Å². The molecule has 31 heavy (non-hydrogen) atoms. The number of nitrogens with zero attached hydrogens (tertiary/aromatic N) is 2. The Balaban J connectivity index is 2.17. The minimum absolute atomic E-state index is 0.0999. The number of carbonyl (C=O) groups is 2. The van der Waals surface area contributed by atoms with E-state index in [1.807, 2.05) is 12.1 Å². The standard InChI is InChI=1S/C22H20Cl3N3O3/c1-11(2)18(22(30)31)26-21(29)19-12(3)20(13-4-6-14(23)7-5-13)28(27-19)17-9-8-15(24)10-16(17)25/h4-11,18H,1-3H3,(H,26,29)(H,30,31). The highest BCUT2D eigenvalue weighted by Gasteiger charge is 2.28. The van der Waals surface area contributed by atoms with Crippen LogP contribution in [0.2, 0.25) is 15.1 Å². The van der Waals surface area contributed by atoms with Crippen LogP contribution in [0, 0.1) is 12.8 Å². The molecule has 0 fully saturated rings. The van der Waals surface area contributed by atoms with Crippen molar-refractivity contribution in [1.82, 2.24) is 15.1 Å². The third-order valence-corrected chi connectivity index (χ3v) is 5.60. The van der Waals surface area contributed by atoms with Gasteiger partial charge in [0.1, 0.15) is 6.04 Å². The summed E-state index contributed by atoms with van der Waals surface area (Å²) in [5, 5.41) is 17.9. The molecule has 1 amide bonds. The summed E-state index contributed by atoms with van der Waals surface area (Å²) < 4.78 is 1.55. The largest absolute Gasteiger partial charge is 0.480 e. The first-order chi connectivity index (χ1) is 14.6. The number of carboxylic acids is 1. The molecule has 0 spiro atoms. The van der Waals surface area contributed by atoms with Crippen molar-refractivity contribution >= 4 is 46.7 Å². The lowest BCUT2D eigenvalue weighted by molar-refractivity contribution is -0.140. The molecule has 0 aliphatic heterocycles. The highest BCUT2D eigenvalue weighted by molar-refractivity contribution is 6.35. The zero-order valence-electron chi connectivity index (χ0n) is 17.0. The van der Waals surface area contributed by atoms with Gasteiger partial charge in [0.25, 0.3) is 5.91 Å². The minimum Gasteiger partial charge on any atom is -0.480 e. The van der Waals surface area contributed by atoms with E-state index in [4.69, 9.17) is 34.8 Å². The van der Waals surface area contributed by atoms with Crippen molar-refractivity contribution in [3.05, 3.63) is 68.8 Å². The molecule has 0 aliphatic rings. The van der Waals surface area contributed by atoms with Crippen molar-refractivity contribution in [1.29, 1.82) is 0 Å². The first kappa shape index (κ1) is 23.1. The molecule has 1 atom stereocenters. The maximum absolute atomic E-state index is 13.0. The lowest BCUT2D eigenvalue weighted by Gasteiger charge is -2.17. The molecule has 9 heteroatoms. The Hall–Kier alpha value is -2.54. The number of nitrogens with one attached hydrogen (secondary N) is 1. The molecule has 162 valence electrons. The van der Waals surface area contributed by atoms with E-state index in [1.165, 1.54) is 0 Å². The first-order valence-corrected chi connectivity index (χ1v) is 10.6. The van der Waals surface area contributed by atoms with Crippen LogP contribution >= 0.6 is 34.8 Å². The van der Waals surface area contributed by atoms with Crippen LogP contribution in [0.1, 0.15) is 29.9 Å². The maximum atomic E-state index is 13.0. The van der Waals surface area contributed by atoms with Crippen LogP contribution in [0.3, 0.4) is 0 Å². The number of hydrogen-bond donors (Lipinski definition) is 2. The maximum Gasteiger partial charge on any atom is 0.326 e. The van der Waals surface area contributed by atoms with Crippen LogP contribution in [-0.2, 0) is 4.79 Å². The Morgan fingerprint density at radius 1 is 1.03 bits per heavy atom. The van der Waals surface area contributed by atoms with Gasteiger partial charge in [-0.2, -0.15) is 5.10 Å². The van der Waals surface area contributed by atoms with Gasteiger partial charge in [0.15, 0.2) is 5.69 Å². The number of carbonyl (C=O) groups excluding carboxylic acids is 1. The van der Waals surface area contributed by atoms with Crippen molar-refractivity contribution in [3.8, 4) is 16.9 Å². The molecular formula is C22H20Cl3N3O3. The quantitative estimate of drug-likeness (QED) is 0.478. The van der Waals surface area contributed by atoms with Crippen LogP contribution < -0.4 is 5.32 Å². The van der Waals surface area contributed by atoms with Gasteiger partial charge in [0, 0.05) is 21.2 Å². The summed E-state index contributed by atoms with van der Waals surface area (Å²) >= 11 is 18.5. The van der Waals surface area contributed by atoms with Crippen LogP contribution in [0.4, 0.5) is 0 Å². The van der Waals surface area contributed by atoms with Crippen LogP contribution in [0.5, 0.6) is 0 Å². The predicted octanol–water partition coefficient (Wildman–Crippen LogP) is 5.65. The molecule has 1 aromatic heterocycles. The summed E-state index contributed by atoms with van der Waals surface area (Å²) in [6.45, 7) is 5.19. The fraction of sp³-hybridized carbons (Fsp3) is 0.227. The number of halogens is 3. The lowest BCUT2D eigenvalue weighted by Crippen LogP contribution is -2.44. The number of rotatable bonds is 6. The molecule has 2 N–H and O–H groups in total. The molecule has 3 aromatic rings. The predicted molar refractivity (Wildman–Crippen MR) is 122 cm³/mol. The molecule has 0 bridgehead atoms. The summed E-state index contributed by atoms with van der Waals surface area (Å²) in [5.41, 5.74) is 2.58. The molecule has 3 rings (SSSR count). The van der Waals surface area contributed by atoms with Crippen LogP contribution in [0.15, 0.2) is 42.5 Å². The summed E-state index contributed by atoms with van der Waals surface area (Å²) in [4.78, 5) is 24.5. The van der Waals surface area contributed by atoms with Gasteiger partial charge in [-0.1, -0.05) is 60.8 Å². The van der Waals surface area contributed by atoms with Gasteiger partial charge < -0.3 is 10.4 Å². The molecule has 1 unspecified atom stereocenters. The average Bonchev–Trinajstić information content (AvgIpc) is 3.03. The molecule has 0 saturated carbocycles. The summed E-state index contributed by atoms with van der Waals surface area (Å²) in [6, 6.07) is 11.0. The first-order valence-electron chi connectivity index (χ1n) is 9.44. The normalized spacial score (nSPS) is 12.1. The monoisotopic (exact) mass is 479 g/mol. The van der Waals surface area contributed by atoms with Crippen molar-refractivity contribution in [3.63, 3.8) is 0 Å². The Bertz CT molecular complexity index is 1140. The van der Waals surface area contributed by atoms with E-state index in [0.717, 1.165) is 5.56 Å². The smallest absolute Gasteiger partial charge is 0.326 e. The Morgan fingerprint density at radius 3 is 2.19 bits per heavy atom. The van der Waals surface area contributed by atoms with E-state index in [2.05, 4.69) is 10.4 Å². The molecule has 0 radical (unpaired) electrons. The number of aliphatic carboxylic acids is 1. The number of amides is 1. The highest BCUT2D eigenvalue weighted by Crippen LogP contribution is 2.33. The fourth-order valence-corrected chi connectivity index (χ4v) is 3.82. The number of carboxylic acid groups (broad SMARTS) is 1. The van der Waals surface area contributed by atoms with E-state index in [0.29, 0.717) is 32.0 Å². The SMILES string of the molecule is Cc1c(C(=O)NC(C(=O)O)C(C)C)nn(-c2ccc(Cl)cc2Cl)c1-c1ccc(Cl)cc1. The second-order valence-corrected chi connectivity index (χ2v) is 8.65. The second kappa shape index (κ2) is 9.30. The summed E-state index contributed by atoms with van der Waals surface area (Å²) in [7, 11) is 0. The Kier molecular flexibility index (Phi) is 6.94. The molecule has 2 aromatic carbocycles. The van der Waals surface area contributed by atoms with Crippen LogP contribution in [-0.4, -0.2) is 32.8 Å².